The third-order valence-corrected chi connectivity index (χ3v) is 15.0. The number of nitrogens with one attached hydrogen (secondary N) is 2. The van der Waals surface area contributed by atoms with Crippen LogP contribution in [0.15, 0.2) is 73.2 Å². The number of hydrogen-bond donors (Lipinski definition) is 2. The first-order valence-corrected chi connectivity index (χ1v) is 25.4. The topological polar surface area (TPSA) is 187 Å². The van der Waals surface area contributed by atoms with E-state index in [0.717, 1.165) is 102 Å². The van der Waals surface area contributed by atoms with Gasteiger partial charge in [0, 0.05) is 141 Å². The number of morpholine rings is 2. The van der Waals surface area contributed by atoms with Crippen molar-refractivity contribution in [1.29, 1.82) is 10.5 Å². The Morgan fingerprint density at radius 2 is 0.931 bits per heavy atom. The molecule has 6 aromatic rings. The van der Waals surface area contributed by atoms with E-state index in [2.05, 4.69) is 124 Å². The summed E-state index contributed by atoms with van der Waals surface area (Å²) in [6.07, 6.45) is -0.750. The van der Waals surface area contributed by atoms with Crippen LogP contribution in [0.2, 0.25) is 0 Å². The van der Waals surface area contributed by atoms with Gasteiger partial charge in [0.05, 0.1) is 63.8 Å². The molecular weight excluding hydrogens is 905 g/mol. The number of piperazine rings is 2. The van der Waals surface area contributed by atoms with E-state index in [0.29, 0.717) is 71.5 Å². The molecule has 6 atom stereocenters. The molecule has 2 N–H and O–H groups in total. The van der Waals surface area contributed by atoms with Crippen LogP contribution < -0.4 is 30.2 Å². The highest BCUT2D eigenvalue weighted by Gasteiger charge is 2.33. The van der Waals surface area contributed by atoms with Gasteiger partial charge in [-0.25, -0.2) is 9.97 Å². The van der Waals surface area contributed by atoms with Gasteiger partial charge in [-0.05, 0) is 75.2 Å². The number of benzene rings is 2. The summed E-state index contributed by atoms with van der Waals surface area (Å²) < 4.78 is 44.5. The summed E-state index contributed by atoms with van der Waals surface area (Å²) in [5.74, 6) is 2.12. The van der Waals surface area contributed by atoms with Crippen molar-refractivity contribution in [3.63, 3.8) is 0 Å². The molecule has 0 bridgehead atoms. The van der Waals surface area contributed by atoms with E-state index in [1.165, 1.54) is 22.5 Å². The average molecular weight is 973 g/mol. The summed E-state index contributed by atoms with van der Waals surface area (Å²) in [6, 6.07) is 21.0. The molecule has 0 amide bonds. The molecule has 2 aromatic carbocycles. The molecular formula is C54H64N16O2. The lowest BCUT2D eigenvalue weighted by atomic mass is 10.1. The number of rotatable bonds is 8. The molecule has 72 heavy (non-hydrogen) atoms. The zero-order valence-electron chi connectivity index (χ0n) is 45.5. The lowest BCUT2D eigenvalue weighted by molar-refractivity contribution is -0.0329. The maximum Gasteiger partial charge on any atom is 0.128 e. The highest BCUT2D eigenvalue weighted by Crippen LogP contribution is 2.32. The first-order chi connectivity index (χ1) is 36.8. The fourth-order valence-electron chi connectivity index (χ4n) is 11.3. The zero-order chi connectivity index (χ0) is 52.8. The molecule has 4 aromatic heterocycles. The SMILES string of the molecule is [2H]c1nc2c(C#N)ccc(N3C[C@H](CN4CCN(c5ccc6c(n5)CN[C@@H]6C)CC4)O[C@H](C)C3)c2nc1[2H].[2H]c1nc2c(C#N)ccc(N3C[C@H](CN4CCN(c5ccc6c(n5)CN[C@H]6C)CC4)O[C@H](C)C3)c2nc1[2H]. The molecule has 4 saturated heterocycles. The van der Waals surface area contributed by atoms with Crippen LogP contribution in [-0.4, -0.2) is 156 Å². The van der Waals surface area contributed by atoms with Crippen molar-refractivity contribution in [2.45, 2.75) is 77.3 Å². The highest BCUT2D eigenvalue weighted by molar-refractivity contribution is 5.93. The molecule has 18 heteroatoms. The molecule has 0 spiro atoms. The third kappa shape index (κ3) is 9.95. The van der Waals surface area contributed by atoms with Crippen molar-refractivity contribution in [2.75, 3.05) is 111 Å². The minimum absolute atomic E-state index is 0.0144. The Balaban J connectivity index is 0.000000162. The van der Waals surface area contributed by atoms with Gasteiger partial charge in [0.1, 0.15) is 45.8 Å². The van der Waals surface area contributed by atoms with Crippen molar-refractivity contribution < 1.29 is 15.0 Å². The second kappa shape index (κ2) is 20.8. The third-order valence-electron chi connectivity index (χ3n) is 15.0. The van der Waals surface area contributed by atoms with Crippen molar-refractivity contribution in [3.8, 4) is 12.1 Å². The molecule has 372 valence electrons. The van der Waals surface area contributed by atoms with Crippen molar-refractivity contribution in [1.82, 2.24) is 50.3 Å². The van der Waals surface area contributed by atoms with Crippen molar-refractivity contribution >= 4 is 45.1 Å². The molecule has 12 rings (SSSR count). The van der Waals surface area contributed by atoms with E-state index in [1.807, 2.05) is 12.1 Å². The fraction of sp³-hybridized carbons (Fsp3) is 0.481. The number of ether oxygens (including phenoxy) is 2. The first kappa shape index (κ1) is 43.0. The smallest absolute Gasteiger partial charge is 0.128 e. The van der Waals surface area contributed by atoms with E-state index in [4.69, 9.17) is 24.9 Å². The van der Waals surface area contributed by atoms with Gasteiger partial charge in [0.15, 0.2) is 0 Å². The predicted molar refractivity (Wildman–Crippen MR) is 278 cm³/mol. The van der Waals surface area contributed by atoms with Crippen LogP contribution in [0.3, 0.4) is 0 Å². The molecule has 0 radical (unpaired) electrons. The minimum atomic E-state index is -0.222. The van der Waals surface area contributed by atoms with Crippen LogP contribution >= 0.6 is 0 Å². The van der Waals surface area contributed by atoms with Crippen LogP contribution in [0.5, 0.6) is 0 Å². The van der Waals surface area contributed by atoms with E-state index < -0.39 is 0 Å². The number of nitriles is 2. The lowest BCUT2D eigenvalue weighted by Crippen LogP contribution is -2.54. The quantitative estimate of drug-likeness (QED) is 0.208. The molecule has 6 aliphatic heterocycles. The van der Waals surface area contributed by atoms with Gasteiger partial charge < -0.3 is 39.7 Å². The molecule has 6 aliphatic rings. The fourth-order valence-corrected chi connectivity index (χ4v) is 11.3. The summed E-state index contributed by atoms with van der Waals surface area (Å²) in [6.45, 7) is 22.1. The minimum Gasteiger partial charge on any atom is -0.370 e. The summed E-state index contributed by atoms with van der Waals surface area (Å²) in [4.78, 5) is 41.1. The second-order valence-electron chi connectivity index (χ2n) is 19.9. The number of fused-ring (bicyclic) bond motifs is 4. The molecule has 0 saturated carbocycles. The summed E-state index contributed by atoms with van der Waals surface area (Å²) in [5, 5.41) is 26.0. The zero-order valence-corrected chi connectivity index (χ0v) is 41.5. The number of pyridine rings is 2. The number of nitrogens with zero attached hydrogens (tertiary/aromatic N) is 14. The maximum absolute atomic E-state index is 9.53. The molecule has 10 heterocycles. The Morgan fingerprint density at radius 3 is 1.33 bits per heavy atom. The molecule has 4 fully saturated rings. The van der Waals surface area contributed by atoms with Gasteiger partial charge in [0.25, 0.3) is 0 Å². The predicted octanol–water partition coefficient (Wildman–Crippen LogP) is 4.95. The number of anilines is 4. The molecule has 0 unspecified atom stereocenters. The van der Waals surface area contributed by atoms with Gasteiger partial charge >= 0.3 is 0 Å². The molecule has 0 aliphatic carbocycles. The van der Waals surface area contributed by atoms with Crippen molar-refractivity contribution in [3.05, 3.63) is 107 Å². The highest BCUT2D eigenvalue weighted by atomic mass is 16.5. The average Bonchev–Trinajstić information content (AvgIpc) is 4.01. The normalized spacial score (nSPS) is 25.4. The van der Waals surface area contributed by atoms with Gasteiger partial charge in [-0.2, -0.15) is 10.5 Å². The number of aromatic nitrogens is 6. The standard InChI is InChI=1S/2C27H32N8O/c2*1-18-15-35(24-5-3-20(13-28)26-27(24)30-8-7-29-26)17-21(36-18)16-33-9-11-34(12-10-33)25-6-4-22-19(2)31-14-23(22)32-25/h2*3-8,18-19,21,31H,9-12,14-17H2,1-2H3/t18-,19+,21+;18-,19-,21+/m11/s1/i2*7D,8D. The van der Waals surface area contributed by atoms with Crippen molar-refractivity contribution in [2.24, 2.45) is 0 Å². The summed E-state index contributed by atoms with van der Waals surface area (Å²) >= 11 is 0. The van der Waals surface area contributed by atoms with Crippen LogP contribution in [0.1, 0.15) is 78.9 Å². The lowest BCUT2D eigenvalue weighted by Gasteiger charge is -2.42. The van der Waals surface area contributed by atoms with Crippen LogP contribution in [0.25, 0.3) is 22.1 Å². The Morgan fingerprint density at radius 1 is 0.528 bits per heavy atom. The Hall–Kier alpha value is -6.64. The molecule has 18 nitrogen and oxygen atoms in total. The van der Waals surface area contributed by atoms with Crippen LogP contribution in [0, 0.1) is 22.7 Å². The Bertz CT molecular complexity index is 3020. The van der Waals surface area contributed by atoms with Crippen LogP contribution in [0.4, 0.5) is 23.0 Å². The van der Waals surface area contributed by atoms with E-state index in [9.17, 15) is 10.5 Å². The second-order valence-corrected chi connectivity index (χ2v) is 19.9. The van der Waals surface area contributed by atoms with E-state index in [1.54, 1.807) is 12.1 Å². The first-order valence-electron chi connectivity index (χ1n) is 27.4. The van der Waals surface area contributed by atoms with Gasteiger partial charge in [0.2, 0.25) is 0 Å². The monoisotopic (exact) mass is 973 g/mol. The summed E-state index contributed by atoms with van der Waals surface area (Å²) in [7, 11) is 0. The number of hydrogen-bond acceptors (Lipinski definition) is 18. The largest absolute Gasteiger partial charge is 0.370 e. The Kier molecular flexibility index (Phi) is 12.4. The summed E-state index contributed by atoms with van der Waals surface area (Å²) in [5.41, 5.74) is 9.09. The van der Waals surface area contributed by atoms with E-state index in [-0.39, 0.29) is 49.1 Å². The maximum atomic E-state index is 9.53. The van der Waals surface area contributed by atoms with E-state index >= 15 is 0 Å². The van der Waals surface area contributed by atoms with Gasteiger partial charge in [-0.1, -0.05) is 12.1 Å². The van der Waals surface area contributed by atoms with Gasteiger partial charge in [-0.3, -0.25) is 29.7 Å². The van der Waals surface area contributed by atoms with Gasteiger partial charge in [-0.15, -0.1) is 0 Å². The Labute approximate surface area is 427 Å². The van der Waals surface area contributed by atoms with Crippen LogP contribution in [-0.2, 0) is 22.6 Å².